The third kappa shape index (κ3) is 4.69. The number of hydrogen-bond donors (Lipinski definition) is 2. The van der Waals surface area contributed by atoms with Crippen molar-refractivity contribution in [1.29, 1.82) is 0 Å². The molecule has 1 fully saturated rings. The fraction of sp³-hybridized carbons (Fsp3) is 0.273. The van der Waals surface area contributed by atoms with E-state index in [1.54, 1.807) is 55.5 Å². The molecular weight excluding hydrogens is 422 g/mol. The summed E-state index contributed by atoms with van der Waals surface area (Å²) in [5, 5.41) is 5.74. The van der Waals surface area contributed by atoms with Crippen LogP contribution in [0.3, 0.4) is 0 Å². The molecule has 3 rings (SSSR count). The second-order valence-electron chi connectivity index (χ2n) is 7.12. The molecule has 2 N–H and O–H groups in total. The standard InChI is InChI=1S/C22H22ClN3O5/c1-3-22(15-7-5-4-6-8-15)20(29)26(21(30)25-22)12-19(28)31-13-18(27)24-16-10-9-14(2)17(23)11-16/h4-11H,3,12-13H2,1-2H3,(H,24,27)(H,25,30). The molecule has 1 aliphatic heterocycles. The van der Waals surface area contributed by atoms with Gasteiger partial charge in [0.2, 0.25) is 0 Å². The summed E-state index contributed by atoms with van der Waals surface area (Å²) in [5.74, 6) is -1.99. The molecule has 8 nitrogen and oxygen atoms in total. The zero-order valence-electron chi connectivity index (χ0n) is 17.1. The molecule has 2 aromatic carbocycles. The molecule has 162 valence electrons. The first-order chi connectivity index (χ1) is 14.8. The summed E-state index contributed by atoms with van der Waals surface area (Å²) in [5.41, 5.74) is 0.711. The van der Waals surface area contributed by atoms with Crippen molar-refractivity contribution in [2.45, 2.75) is 25.8 Å². The number of anilines is 1. The zero-order valence-corrected chi connectivity index (χ0v) is 17.9. The van der Waals surface area contributed by atoms with Crippen LogP contribution in [0.2, 0.25) is 5.02 Å². The molecule has 31 heavy (non-hydrogen) atoms. The van der Waals surface area contributed by atoms with E-state index in [0.717, 1.165) is 10.5 Å². The Balaban J connectivity index is 1.58. The molecule has 4 amide bonds. The van der Waals surface area contributed by atoms with Crippen molar-refractivity contribution in [2.75, 3.05) is 18.5 Å². The minimum Gasteiger partial charge on any atom is -0.454 e. The molecule has 1 atom stereocenters. The number of carbonyl (C=O) groups is 4. The SMILES string of the molecule is CCC1(c2ccccc2)NC(=O)N(CC(=O)OCC(=O)Nc2ccc(C)c(Cl)c2)C1=O. The van der Waals surface area contributed by atoms with Gasteiger partial charge in [0.15, 0.2) is 6.61 Å². The Morgan fingerprint density at radius 1 is 1.16 bits per heavy atom. The quantitative estimate of drug-likeness (QED) is 0.505. The normalized spacial score (nSPS) is 18.0. The van der Waals surface area contributed by atoms with E-state index >= 15 is 0 Å². The number of halogens is 1. The van der Waals surface area contributed by atoms with Crippen LogP contribution in [0.4, 0.5) is 10.5 Å². The van der Waals surface area contributed by atoms with Gasteiger partial charge in [-0.1, -0.05) is 54.9 Å². The van der Waals surface area contributed by atoms with Crippen molar-refractivity contribution < 1.29 is 23.9 Å². The lowest BCUT2D eigenvalue weighted by Crippen LogP contribution is -2.44. The van der Waals surface area contributed by atoms with Gasteiger partial charge >= 0.3 is 12.0 Å². The fourth-order valence-corrected chi connectivity index (χ4v) is 3.50. The molecule has 0 bridgehead atoms. The maximum Gasteiger partial charge on any atom is 0.326 e. The van der Waals surface area contributed by atoms with Crippen molar-refractivity contribution in [3.05, 3.63) is 64.7 Å². The zero-order chi connectivity index (χ0) is 22.6. The maximum atomic E-state index is 13.0. The van der Waals surface area contributed by atoms with Gasteiger partial charge in [-0.05, 0) is 36.6 Å². The first-order valence-corrected chi connectivity index (χ1v) is 10.1. The second kappa shape index (κ2) is 9.18. The molecule has 9 heteroatoms. The number of ether oxygens (including phenoxy) is 1. The minimum atomic E-state index is -1.24. The van der Waals surface area contributed by atoms with Crippen LogP contribution >= 0.6 is 11.6 Å². The molecule has 1 heterocycles. The van der Waals surface area contributed by atoms with Crippen molar-refractivity contribution in [3.8, 4) is 0 Å². The minimum absolute atomic E-state index is 0.314. The van der Waals surface area contributed by atoms with E-state index in [0.29, 0.717) is 22.7 Å². The Morgan fingerprint density at radius 2 is 1.87 bits per heavy atom. The summed E-state index contributed by atoms with van der Waals surface area (Å²) in [7, 11) is 0. The number of carbonyl (C=O) groups excluding carboxylic acids is 4. The predicted octanol–water partition coefficient (Wildman–Crippen LogP) is 2.99. The van der Waals surface area contributed by atoms with Gasteiger partial charge in [0.05, 0.1) is 0 Å². The summed E-state index contributed by atoms with van der Waals surface area (Å²) in [6.07, 6.45) is 0.314. The number of amides is 4. The van der Waals surface area contributed by atoms with E-state index in [1.165, 1.54) is 0 Å². The Labute approximate surface area is 184 Å². The molecule has 2 aromatic rings. The fourth-order valence-electron chi connectivity index (χ4n) is 3.32. The van der Waals surface area contributed by atoms with Crippen LogP contribution in [0.5, 0.6) is 0 Å². The molecule has 1 aliphatic rings. The number of urea groups is 1. The number of imide groups is 1. The number of nitrogens with one attached hydrogen (secondary N) is 2. The Bertz CT molecular complexity index is 1030. The molecule has 0 saturated carbocycles. The lowest BCUT2D eigenvalue weighted by Gasteiger charge is -2.25. The molecular formula is C22H22ClN3O5. The lowest BCUT2D eigenvalue weighted by atomic mass is 9.87. The van der Waals surface area contributed by atoms with Crippen LogP contribution in [0.25, 0.3) is 0 Å². The highest BCUT2D eigenvalue weighted by atomic mass is 35.5. The summed E-state index contributed by atoms with van der Waals surface area (Å²) < 4.78 is 4.94. The van der Waals surface area contributed by atoms with Gasteiger partial charge in [0.1, 0.15) is 12.1 Å². The van der Waals surface area contributed by atoms with Crippen molar-refractivity contribution in [2.24, 2.45) is 0 Å². The largest absolute Gasteiger partial charge is 0.454 e. The number of esters is 1. The number of benzene rings is 2. The van der Waals surface area contributed by atoms with E-state index in [1.807, 2.05) is 6.92 Å². The Morgan fingerprint density at radius 3 is 2.52 bits per heavy atom. The molecule has 0 aromatic heterocycles. The summed E-state index contributed by atoms with van der Waals surface area (Å²) >= 11 is 6.01. The average molecular weight is 444 g/mol. The molecule has 1 saturated heterocycles. The molecule has 0 aliphatic carbocycles. The Hall–Kier alpha value is -3.39. The second-order valence-corrected chi connectivity index (χ2v) is 7.53. The first-order valence-electron chi connectivity index (χ1n) is 9.68. The van der Waals surface area contributed by atoms with E-state index in [-0.39, 0.29) is 0 Å². The van der Waals surface area contributed by atoms with Gasteiger partial charge in [-0.3, -0.25) is 19.3 Å². The van der Waals surface area contributed by atoms with E-state index in [9.17, 15) is 19.2 Å². The third-order valence-corrected chi connectivity index (χ3v) is 5.49. The predicted molar refractivity (Wildman–Crippen MR) is 114 cm³/mol. The smallest absolute Gasteiger partial charge is 0.326 e. The van der Waals surface area contributed by atoms with Gasteiger partial charge in [0, 0.05) is 10.7 Å². The van der Waals surface area contributed by atoms with Crippen LogP contribution in [0, 0.1) is 6.92 Å². The van der Waals surface area contributed by atoms with Crippen molar-refractivity contribution in [3.63, 3.8) is 0 Å². The van der Waals surface area contributed by atoms with Crippen molar-refractivity contribution >= 4 is 41.1 Å². The van der Waals surface area contributed by atoms with Gasteiger partial charge < -0.3 is 15.4 Å². The van der Waals surface area contributed by atoms with Crippen LogP contribution in [-0.2, 0) is 24.7 Å². The third-order valence-electron chi connectivity index (χ3n) is 5.08. The lowest BCUT2D eigenvalue weighted by molar-refractivity contribution is -0.150. The number of rotatable bonds is 7. The number of hydrogen-bond acceptors (Lipinski definition) is 5. The molecule has 0 radical (unpaired) electrons. The van der Waals surface area contributed by atoms with Crippen LogP contribution in [-0.4, -0.2) is 41.9 Å². The molecule has 0 spiro atoms. The first kappa shape index (κ1) is 22.3. The van der Waals surface area contributed by atoms with Crippen LogP contribution < -0.4 is 10.6 Å². The van der Waals surface area contributed by atoms with Crippen LogP contribution in [0.1, 0.15) is 24.5 Å². The summed E-state index contributed by atoms with van der Waals surface area (Å²) in [6.45, 7) is 2.44. The monoisotopic (exact) mass is 443 g/mol. The average Bonchev–Trinajstić information content (AvgIpc) is 3.00. The van der Waals surface area contributed by atoms with Crippen LogP contribution in [0.15, 0.2) is 48.5 Å². The topological polar surface area (TPSA) is 105 Å². The van der Waals surface area contributed by atoms with Crippen molar-refractivity contribution in [1.82, 2.24) is 10.2 Å². The maximum absolute atomic E-state index is 13.0. The number of nitrogens with zero attached hydrogens (tertiary/aromatic N) is 1. The highest BCUT2D eigenvalue weighted by Crippen LogP contribution is 2.32. The van der Waals surface area contributed by atoms with Gasteiger partial charge in [0.25, 0.3) is 11.8 Å². The highest BCUT2D eigenvalue weighted by molar-refractivity contribution is 6.31. The van der Waals surface area contributed by atoms with E-state index in [2.05, 4.69) is 10.6 Å². The van der Waals surface area contributed by atoms with E-state index < -0.39 is 42.5 Å². The van der Waals surface area contributed by atoms with E-state index in [4.69, 9.17) is 16.3 Å². The number of aryl methyl sites for hydroxylation is 1. The summed E-state index contributed by atoms with van der Waals surface area (Å²) in [4.78, 5) is 50.4. The summed E-state index contributed by atoms with van der Waals surface area (Å²) in [6, 6.07) is 13.1. The van der Waals surface area contributed by atoms with Gasteiger partial charge in [-0.25, -0.2) is 4.79 Å². The highest BCUT2D eigenvalue weighted by Gasteiger charge is 2.51. The van der Waals surface area contributed by atoms with Gasteiger partial charge in [-0.2, -0.15) is 0 Å². The van der Waals surface area contributed by atoms with Gasteiger partial charge in [-0.15, -0.1) is 0 Å². The molecule has 1 unspecified atom stereocenters. The Kier molecular flexibility index (Phi) is 6.60.